The van der Waals surface area contributed by atoms with E-state index in [0.717, 1.165) is 18.5 Å². The van der Waals surface area contributed by atoms with E-state index in [4.69, 9.17) is 4.74 Å². The fourth-order valence-corrected chi connectivity index (χ4v) is 1.83. The number of hydrogen-bond donors (Lipinski definition) is 1. The van der Waals surface area contributed by atoms with Gasteiger partial charge in [0.25, 0.3) is 5.91 Å². The number of amides is 1. The first-order valence-corrected chi connectivity index (χ1v) is 6.89. The number of unbranched alkanes of at least 4 members (excludes halogenated alkanes) is 1. The smallest absolute Gasteiger partial charge is 0.259 e. The number of benzene rings is 2. The van der Waals surface area contributed by atoms with Crippen LogP contribution in [0.4, 0.5) is 5.69 Å². The lowest BCUT2D eigenvalue weighted by molar-refractivity contribution is 0.102. The fraction of sp³-hybridized carbons (Fsp3) is 0.235. The van der Waals surface area contributed by atoms with Crippen molar-refractivity contribution in [3.05, 3.63) is 60.2 Å². The molecule has 0 heterocycles. The molecule has 0 saturated heterocycles. The van der Waals surface area contributed by atoms with E-state index in [-0.39, 0.29) is 5.91 Å². The van der Waals surface area contributed by atoms with Crippen LogP contribution < -0.4 is 10.1 Å². The number of nitrogens with one attached hydrogen (secondary N) is 1. The third kappa shape index (κ3) is 3.85. The average molecular weight is 269 g/mol. The van der Waals surface area contributed by atoms with Gasteiger partial charge in [-0.2, -0.15) is 0 Å². The fourth-order valence-electron chi connectivity index (χ4n) is 1.83. The quantitative estimate of drug-likeness (QED) is 0.801. The molecule has 1 N–H and O–H groups in total. The lowest BCUT2D eigenvalue weighted by Crippen LogP contribution is -2.13. The molecule has 2 rings (SSSR count). The Morgan fingerprint density at radius 3 is 2.50 bits per heavy atom. The molecule has 0 spiro atoms. The Balaban J connectivity index is 2.09. The molecule has 104 valence electrons. The van der Waals surface area contributed by atoms with Crippen LogP contribution in [0.15, 0.2) is 54.6 Å². The van der Waals surface area contributed by atoms with Crippen molar-refractivity contribution in [1.29, 1.82) is 0 Å². The van der Waals surface area contributed by atoms with E-state index in [1.54, 1.807) is 6.07 Å². The van der Waals surface area contributed by atoms with E-state index in [1.165, 1.54) is 0 Å². The monoisotopic (exact) mass is 269 g/mol. The van der Waals surface area contributed by atoms with Crippen molar-refractivity contribution in [3.63, 3.8) is 0 Å². The molecule has 0 fully saturated rings. The highest BCUT2D eigenvalue weighted by atomic mass is 16.5. The number of hydrogen-bond acceptors (Lipinski definition) is 2. The van der Waals surface area contributed by atoms with Gasteiger partial charge >= 0.3 is 0 Å². The van der Waals surface area contributed by atoms with Gasteiger partial charge in [-0.1, -0.05) is 43.7 Å². The largest absolute Gasteiger partial charge is 0.493 e. The summed E-state index contributed by atoms with van der Waals surface area (Å²) in [6.07, 6.45) is 2.05. The maximum atomic E-state index is 12.3. The summed E-state index contributed by atoms with van der Waals surface area (Å²) in [5.74, 6) is 0.484. The van der Waals surface area contributed by atoms with Gasteiger partial charge in [-0.05, 0) is 30.7 Å². The van der Waals surface area contributed by atoms with E-state index < -0.39 is 0 Å². The Hall–Kier alpha value is -2.29. The van der Waals surface area contributed by atoms with Crippen LogP contribution in [0.25, 0.3) is 0 Å². The molecule has 2 aromatic carbocycles. The molecule has 0 aromatic heterocycles. The van der Waals surface area contributed by atoms with E-state index in [2.05, 4.69) is 12.2 Å². The molecule has 0 aliphatic heterocycles. The molecule has 1 amide bonds. The maximum absolute atomic E-state index is 12.3. The number of rotatable bonds is 6. The summed E-state index contributed by atoms with van der Waals surface area (Å²) in [5.41, 5.74) is 1.34. The highest BCUT2D eigenvalue weighted by Gasteiger charge is 2.11. The zero-order valence-electron chi connectivity index (χ0n) is 11.6. The predicted molar refractivity (Wildman–Crippen MR) is 81.2 cm³/mol. The van der Waals surface area contributed by atoms with Gasteiger partial charge in [0.2, 0.25) is 0 Å². The molecular weight excluding hydrogens is 250 g/mol. The van der Waals surface area contributed by atoms with Gasteiger partial charge in [-0.25, -0.2) is 0 Å². The van der Waals surface area contributed by atoms with Crippen LogP contribution in [0.5, 0.6) is 5.75 Å². The van der Waals surface area contributed by atoms with Crippen LogP contribution >= 0.6 is 0 Å². The number of carbonyl (C=O) groups is 1. The number of carbonyl (C=O) groups excluding carboxylic acids is 1. The van der Waals surface area contributed by atoms with Crippen LogP contribution in [0.2, 0.25) is 0 Å². The molecule has 3 heteroatoms. The lowest BCUT2D eigenvalue weighted by atomic mass is 10.2. The topological polar surface area (TPSA) is 38.3 Å². The van der Waals surface area contributed by atoms with Gasteiger partial charge in [0.1, 0.15) is 5.75 Å². The highest BCUT2D eigenvalue weighted by molar-refractivity contribution is 6.06. The number of anilines is 1. The summed E-state index contributed by atoms with van der Waals surface area (Å²) in [4.78, 5) is 12.3. The second-order valence-corrected chi connectivity index (χ2v) is 4.52. The van der Waals surface area contributed by atoms with Crippen LogP contribution in [0, 0.1) is 0 Å². The molecule has 0 radical (unpaired) electrons. The zero-order chi connectivity index (χ0) is 14.2. The van der Waals surface area contributed by atoms with E-state index in [1.807, 2.05) is 48.5 Å². The molecule has 0 aliphatic carbocycles. The summed E-state index contributed by atoms with van der Waals surface area (Å²) < 4.78 is 5.68. The standard InChI is InChI=1S/C17H19NO2/c1-2-3-13-20-16-12-8-7-11-15(16)17(19)18-14-9-5-4-6-10-14/h4-12H,2-3,13H2,1H3,(H,18,19). The van der Waals surface area contributed by atoms with Crippen LogP contribution in [0.3, 0.4) is 0 Å². The number of para-hydroxylation sites is 2. The maximum Gasteiger partial charge on any atom is 0.259 e. The summed E-state index contributed by atoms with van der Waals surface area (Å²) in [6.45, 7) is 2.74. The van der Waals surface area contributed by atoms with Crippen molar-refractivity contribution < 1.29 is 9.53 Å². The van der Waals surface area contributed by atoms with Crippen LogP contribution in [-0.2, 0) is 0 Å². The Kier molecular flexibility index (Phi) is 5.18. The summed E-state index contributed by atoms with van der Waals surface area (Å²) in [6, 6.07) is 16.7. The van der Waals surface area contributed by atoms with Gasteiger partial charge in [0.05, 0.1) is 12.2 Å². The molecule has 0 bridgehead atoms. The normalized spacial score (nSPS) is 10.1. The van der Waals surface area contributed by atoms with Crippen molar-refractivity contribution in [2.75, 3.05) is 11.9 Å². The molecular formula is C17H19NO2. The van der Waals surface area contributed by atoms with Gasteiger partial charge in [-0.15, -0.1) is 0 Å². The van der Waals surface area contributed by atoms with Crippen molar-refractivity contribution in [2.24, 2.45) is 0 Å². The SMILES string of the molecule is CCCCOc1ccccc1C(=O)Nc1ccccc1. The summed E-state index contributed by atoms with van der Waals surface area (Å²) >= 11 is 0. The average Bonchev–Trinajstić information content (AvgIpc) is 2.49. The first-order valence-electron chi connectivity index (χ1n) is 6.89. The van der Waals surface area contributed by atoms with Gasteiger partial charge < -0.3 is 10.1 Å². The van der Waals surface area contributed by atoms with Gasteiger partial charge in [-0.3, -0.25) is 4.79 Å². The number of ether oxygens (including phenoxy) is 1. The Morgan fingerprint density at radius 2 is 1.75 bits per heavy atom. The summed E-state index contributed by atoms with van der Waals surface area (Å²) in [5, 5.41) is 2.87. The molecule has 0 saturated carbocycles. The van der Waals surface area contributed by atoms with Crippen molar-refractivity contribution >= 4 is 11.6 Å². The Morgan fingerprint density at radius 1 is 1.05 bits per heavy atom. The molecule has 2 aromatic rings. The second-order valence-electron chi connectivity index (χ2n) is 4.52. The van der Waals surface area contributed by atoms with E-state index in [9.17, 15) is 4.79 Å². The summed E-state index contributed by atoms with van der Waals surface area (Å²) in [7, 11) is 0. The first-order chi connectivity index (χ1) is 9.81. The third-order valence-corrected chi connectivity index (χ3v) is 2.92. The van der Waals surface area contributed by atoms with E-state index in [0.29, 0.717) is 17.9 Å². The zero-order valence-corrected chi connectivity index (χ0v) is 11.6. The molecule has 0 unspecified atom stereocenters. The van der Waals surface area contributed by atoms with Crippen molar-refractivity contribution in [1.82, 2.24) is 0 Å². The van der Waals surface area contributed by atoms with Crippen LogP contribution in [0.1, 0.15) is 30.1 Å². The molecule has 3 nitrogen and oxygen atoms in total. The highest BCUT2D eigenvalue weighted by Crippen LogP contribution is 2.20. The van der Waals surface area contributed by atoms with Gasteiger partial charge in [0.15, 0.2) is 0 Å². The Labute approximate surface area is 119 Å². The van der Waals surface area contributed by atoms with Crippen molar-refractivity contribution in [3.8, 4) is 5.75 Å². The van der Waals surface area contributed by atoms with Gasteiger partial charge in [0, 0.05) is 5.69 Å². The lowest BCUT2D eigenvalue weighted by Gasteiger charge is -2.11. The minimum absolute atomic E-state index is 0.150. The third-order valence-electron chi connectivity index (χ3n) is 2.92. The second kappa shape index (κ2) is 7.34. The van der Waals surface area contributed by atoms with E-state index >= 15 is 0 Å². The first kappa shape index (κ1) is 14.1. The molecule has 0 atom stereocenters. The molecule has 20 heavy (non-hydrogen) atoms. The van der Waals surface area contributed by atoms with Crippen molar-refractivity contribution in [2.45, 2.75) is 19.8 Å². The predicted octanol–water partition coefficient (Wildman–Crippen LogP) is 4.12. The minimum atomic E-state index is -0.150. The minimum Gasteiger partial charge on any atom is -0.493 e. The van der Waals surface area contributed by atoms with Crippen LogP contribution in [-0.4, -0.2) is 12.5 Å². The molecule has 0 aliphatic rings. The Bertz CT molecular complexity index is 552.